The third-order valence-electron chi connectivity index (χ3n) is 4.54. The molecule has 4 heteroatoms. The molecule has 2 unspecified atom stereocenters. The number of carbonyl (C=O) groups is 1. The van der Waals surface area contributed by atoms with Gasteiger partial charge in [0.1, 0.15) is 0 Å². The van der Waals surface area contributed by atoms with E-state index in [1.807, 2.05) is 0 Å². The molecule has 2 aliphatic rings. The van der Waals surface area contributed by atoms with Crippen LogP contribution >= 0.6 is 0 Å². The average Bonchev–Trinajstić information content (AvgIpc) is 3.06. The van der Waals surface area contributed by atoms with Crippen molar-refractivity contribution < 1.29 is 9.53 Å². The molecule has 1 amide bonds. The van der Waals surface area contributed by atoms with E-state index in [1.165, 1.54) is 0 Å². The third kappa shape index (κ3) is 2.54. The predicted molar refractivity (Wildman–Crippen MR) is 71.1 cm³/mol. The summed E-state index contributed by atoms with van der Waals surface area (Å²) in [6.45, 7) is 7.31. The van der Waals surface area contributed by atoms with Gasteiger partial charge in [0, 0.05) is 18.1 Å². The van der Waals surface area contributed by atoms with Crippen LogP contribution in [0, 0.1) is 5.41 Å². The Labute approximate surface area is 110 Å². The van der Waals surface area contributed by atoms with Crippen LogP contribution in [0.4, 0.5) is 0 Å². The predicted octanol–water partition coefficient (Wildman–Crippen LogP) is 1.58. The lowest BCUT2D eigenvalue weighted by Crippen LogP contribution is -2.64. The van der Waals surface area contributed by atoms with Gasteiger partial charge in [-0.1, -0.05) is 27.2 Å². The number of hydrogen-bond donors (Lipinski definition) is 2. The van der Waals surface area contributed by atoms with Crippen molar-refractivity contribution in [3.05, 3.63) is 0 Å². The first-order valence-corrected chi connectivity index (χ1v) is 7.11. The van der Waals surface area contributed by atoms with Crippen LogP contribution in [-0.4, -0.2) is 30.2 Å². The van der Waals surface area contributed by atoms with Crippen molar-refractivity contribution in [3.63, 3.8) is 0 Å². The first-order chi connectivity index (χ1) is 8.40. The summed E-state index contributed by atoms with van der Waals surface area (Å²) in [6.07, 6.45) is 5.09. The minimum atomic E-state index is -0.565. The molecule has 18 heavy (non-hydrogen) atoms. The summed E-state index contributed by atoms with van der Waals surface area (Å²) < 4.78 is 5.86. The lowest BCUT2D eigenvalue weighted by Gasteiger charge is -2.52. The highest BCUT2D eigenvalue weighted by molar-refractivity contribution is 5.89. The largest absolute Gasteiger partial charge is 0.378 e. The van der Waals surface area contributed by atoms with Gasteiger partial charge < -0.3 is 15.8 Å². The Balaban J connectivity index is 1.77. The molecule has 0 bridgehead atoms. The van der Waals surface area contributed by atoms with Crippen LogP contribution in [0.1, 0.15) is 52.9 Å². The number of carbonyl (C=O) groups excluding carboxylic acids is 1. The van der Waals surface area contributed by atoms with Gasteiger partial charge in [-0.2, -0.15) is 0 Å². The van der Waals surface area contributed by atoms with Gasteiger partial charge in [0.25, 0.3) is 0 Å². The fraction of sp³-hybridized carbons (Fsp3) is 0.929. The van der Waals surface area contributed by atoms with Crippen LogP contribution < -0.4 is 11.1 Å². The van der Waals surface area contributed by atoms with Crippen molar-refractivity contribution in [1.29, 1.82) is 0 Å². The Morgan fingerprint density at radius 2 is 2.11 bits per heavy atom. The van der Waals surface area contributed by atoms with Gasteiger partial charge in [-0.15, -0.1) is 0 Å². The second kappa shape index (κ2) is 4.82. The number of ether oxygens (including phenoxy) is 1. The zero-order valence-electron chi connectivity index (χ0n) is 11.8. The summed E-state index contributed by atoms with van der Waals surface area (Å²) in [4.78, 5) is 11.9. The van der Waals surface area contributed by atoms with Crippen LogP contribution in [0.25, 0.3) is 0 Å². The molecule has 0 aromatic rings. The molecule has 2 rings (SSSR count). The minimum absolute atomic E-state index is 0.0209. The Bertz CT molecular complexity index is 324. The summed E-state index contributed by atoms with van der Waals surface area (Å²) in [7, 11) is 0. The second-order valence-corrected chi connectivity index (χ2v) is 6.45. The van der Waals surface area contributed by atoms with Crippen LogP contribution in [-0.2, 0) is 9.53 Å². The molecule has 0 heterocycles. The van der Waals surface area contributed by atoms with Gasteiger partial charge in [-0.3, -0.25) is 4.79 Å². The topological polar surface area (TPSA) is 64.3 Å². The number of rotatable bonds is 6. The molecule has 2 saturated carbocycles. The van der Waals surface area contributed by atoms with Crippen molar-refractivity contribution in [3.8, 4) is 0 Å². The van der Waals surface area contributed by atoms with Crippen molar-refractivity contribution in [2.75, 3.05) is 6.61 Å². The number of hydrogen-bond acceptors (Lipinski definition) is 3. The van der Waals surface area contributed by atoms with Crippen molar-refractivity contribution in [2.24, 2.45) is 11.1 Å². The standard InChI is InChI=1S/C14H26N2O2/c1-4-5-8-18-11-9-10(13(11,2)3)16-12(17)14(15)6-7-14/h10-11H,4-9,15H2,1-3H3,(H,16,17). The third-order valence-corrected chi connectivity index (χ3v) is 4.54. The van der Waals surface area contributed by atoms with Gasteiger partial charge >= 0.3 is 0 Å². The van der Waals surface area contributed by atoms with E-state index in [2.05, 4.69) is 26.1 Å². The highest BCUT2D eigenvalue weighted by Crippen LogP contribution is 2.43. The minimum Gasteiger partial charge on any atom is -0.378 e. The molecule has 0 saturated heterocycles. The van der Waals surface area contributed by atoms with E-state index < -0.39 is 5.54 Å². The highest BCUT2D eigenvalue weighted by Gasteiger charge is 2.53. The van der Waals surface area contributed by atoms with Gasteiger partial charge in [0.05, 0.1) is 11.6 Å². The fourth-order valence-electron chi connectivity index (χ4n) is 2.45. The van der Waals surface area contributed by atoms with E-state index in [0.29, 0.717) is 0 Å². The number of nitrogens with one attached hydrogen (secondary N) is 1. The lowest BCUT2D eigenvalue weighted by molar-refractivity contribution is -0.139. The first kappa shape index (κ1) is 13.8. The first-order valence-electron chi connectivity index (χ1n) is 7.11. The maximum atomic E-state index is 11.9. The Morgan fingerprint density at radius 3 is 2.61 bits per heavy atom. The summed E-state index contributed by atoms with van der Waals surface area (Å²) in [6, 6.07) is 0.206. The van der Waals surface area contributed by atoms with Gasteiger partial charge in [-0.25, -0.2) is 0 Å². The van der Waals surface area contributed by atoms with E-state index in [-0.39, 0.29) is 23.5 Å². The molecule has 2 fully saturated rings. The molecule has 2 aliphatic carbocycles. The zero-order valence-corrected chi connectivity index (χ0v) is 11.8. The van der Waals surface area contributed by atoms with E-state index >= 15 is 0 Å². The summed E-state index contributed by atoms with van der Waals surface area (Å²) in [5.74, 6) is 0.0209. The molecule has 4 nitrogen and oxygen atoms in total. The molecular weight excluding hydrogens is 228 g/mol. The Hall–Kier alpha value is -0.610. The zero-order chi connectivity index (χ0) is 13.4. The van der Waals surface area contributed by atoms with Crippen molar-refractivity contribution >= 4 is 5.91 Å². The van der Waals surface area contributed by atoms with Crippen LogP contribution in [0.5, 0.6) is 0 Å². The molecule has 2 atom stereocenters. The molecule has 3 N–H and O–H groups in total. The van der Waals surface area contributed by atoms with Gasteiger partial charge in [-0.05, 0) is 25.7 Å². The number of nitrogens with two attached hydrogens (primary N) is 1. The monoisotopic (exact) mass is 254 g/mol. The summed E-state index contributed by atoms with van der Waals surface area (Å²) in [5, 5.41) is 3.09. The molecule has 0 spiro atoms. The van der Waals surface area contributed by atoms with E-state index in [4.69, 9.17) is 10.5 Å². The molecule has 0 aliphatic heterocycles. The number of unbranched alkanes of at least 4 members (excludes halogenated alkanes) is 1. The molecule has 0 radical (unpaired) electrons. The van der Waals surface area contributed by atoms with Crippen LogP contribution in [0.15, 0.2) is 0 Å². The summed E-state index contributed by atoms with van der Waals surface area (Å²) in [5.41, 5.74) is 5.35. The SMILES string of the molecule is CCCCOC1CC(NC(=O)C2(N)CC2)C1(C)C. The second-order valence-electron chi connectivity index (χ2n) is 6.45. The summed E-state index contributed by atoms with van der Waals surface area (Å²) >= 11 is 0. The maximum absolute atomic E-state index is 11.9. The van der Waals surface area contributed by atoms with Gasteiger partial charge in [0.2, 0.25) is 5.91 Å². The normalized spacial score (nSPS) is 31.6. The van der Waals surface area contributed by atoms with Crippen LogP contribution in [0.3, 0.4) is 0 Å². The van der Waals surface area contributed by atoms with Crippen molar-refractivity contribution in [1.82, 2.24) is 5.32 Å². The highest BCUT2D eigenvalue weighted by atomic mass is 16.5. The van der Waals surface area contributed by atoms with Crippen LogP contribution in [0.2, 0.25) is 0 Å². The molecule has 104 valence electrons. The van der Waals surface area contributed by atoms with E-state index in [9.17, 15) is 4.79 Å². The van der Waals surface area contributed by atoms with E-state index in [1.54, 1.807) is 0 Å². The van der Waals surface area contributed by atoms with Crippen molar-refractivity contribution in [2.45, 2.75) is 70.6 Å². The quantitative estimate of drug-likeness (QED) is 0.707. The fourth-order valence-corrected chi connectivity index (χ4v) is 2.45. The Kier molecular flexibility index (Phi) is 3.70. The van der Waals surface area contributed by atoms with Gasteiger partial charge in [0.15, 0.2) is 0 Å². The number of amides is 1. The smallest absolute Gasteiger partial charge is 0.240 e. The van der Waals surface area contributed by atoms with E-state index in [0.717, 1.165) is 38.7 Å². The maximum Gasteiger partial charge on any atom is 0.240 e. The molecular formula is C14H26N2O2. The lowest BCUT2D eigenvalue weighted by atomic mass is 9.64. The average molecular weight is 254 g/mol. The molecule has 0 aromatic heterocycles. The molecule has 0 aromatic carbocycles. The Morgan fingerprint density at radius 1 is 1.44 bits per heavy atom.